The molecular formula is C22H19ClN2O3S. The van der Waals surface area contributed by atoms with Crippen LogP contribution in [0.4, 0.5) is 11.4 Å². The van der Waals surface area contributed by atoms with Gasteiger partial charge in [0.2, 0.25) is 0 Å². The fraction of sp³-hybridized carbons (Fsp3) is 0.0909. The van der Waals surface area contributed by atoms with Crippen LogP contribution in [-0.4, -0.2) is 25.2 Å². The van der Waals surface area contributed by atoms with Gasteiger partial charge in [-0.2, -0.15) is 0 Å². The van der Waals surface area contributed by atoms with E-state index in [-0.39, 0.29) is 11.8 Å². The van der Waals surface area contributed by atoms with Gasteiger partial charge in [0.25, 0.3) is 11.8 Å². The van der Waals surface area contributed by atoms with Crippen LogP contribution in [0.25, 0.3) is 0 Å². The highest BCUT2D eigenvalue weighted by Gasteiger charge is 2.16. The number of thioether (sulfide) groups is 1. The van der Waals surface area contributed by atoms with Gasteiger partial charge >= 0.3 is 0 Å². The lowest BCUT2D eigenvalue weighted by molar-refractivity contribution is 0.102. The summed E-state index contributed by atoms with van der Waals surface area (Å²) in [7, 11) is 1.56. The second-order valence-corrected chi connectivity index (χ2v) is 7.32. The zero-order valence-corrected chi connectivity index (χ0v) is 17.4. The molecule has 0 aliphatic carbocycles. The molecule has 3 aromatic carbocycles. The molecular weight excluding hydrogens is 408 g/mol. The lowest BCUT2D eigenvalue weighted by atomic mass is 10.1. The van der Waals surface area contributed by atoms with Crippen molar-refractivity contribution in [2.24, 2.45) is 0 Å². The minimum Gasteiger partial charge on any atom is -0.497 e. The predicted molar refractivity (Wildman–Crippen MR) is 119 cm³/mol. The first kappa shape index (κ1) is 20.8. The normalized spacial score (nSPS) is 10.3. The molecule has 0 bridgehead atoms. The number of ether oxygens (including phenoxy) is 1. The molecule has 0 unspecified atom stereocenters. The number of halogens is 1. The van der Waals surface area contributed by atoms with E-state index in [1.54, 1.807) is 67.8 Å². The van der Waals surface area contributed by atoms with E-state index in [9.17, 15) is 9.59 Å². The number of para-hydroxylation sites is 1. The van der Waals surface area contributed by atoms with Crippen LogP contribution in [-0.2, 0) is 0 Å². The minimum atomic E-state index is -0.382. The second kappa shape index (κ2) is 9.49. The highest BCUT2D eigenvalue weighted by atomic mass is 35.5. The van der Waals surface area contributed by atoms with Crippen molar-refractivity contribution in [1.82, 2.24) is 0 Å². The van der Waals surface area contributed by atoms with Crippen molar-refractivity contribution >= 4 is 46.6 Å². The van der Waals surface area contributed by atoms with Gasteiger partial charge in [-0.25, -0.2) is 0 Å². The van der Waals surface area contributed by atoms with E-state index in [1.165, 1.54) is 11.8 Å². The summed E-state index contributed by atoms with van der Waals surface area (Å²) in [5.41, 5.74) is 1.66. The Labute approximate surface area is 178 Å². The van der Waals surface area contributed by atoms with Gasteiger partial charge in [-0.3, -0.25) is 9.59 Å². The molecule has 0 spiro atoms. The van der Waals surface area contributed by atoms with Crippen molar-refractivity contribution in [3.8, 4) is 5.75 Å². The molecule has 0 saturated carbocycles. The van der Waals surface area contributed by atoms with Crippen LogP contribution in [0.3, 0.4) is 0 Å². The summed E-state index contributed by atoms with van der Waals surface area (Å²) in [5.74, 6) is -0.0987. The number of hydrogen-bond donors (Lipinski definition) is 2. The molecule has 0 atom stereocenters. The molecule has 2 N–H and O–H groups in total. The van der Waals surface area contributed by atoms with Gasteiger partial charge in [0.05, 0.1) is 28.9 Å². The molecule has 0 saturated heterocycles. The molecule has 3 rings (SSSR count). The molecule has 0 heterocycles. The summed E-state index contributed by atoms with van der Waals surface area (Å²) in [6.07, 6.45) is 1.92. The first-order valence-corrected chi connectivity index (χ1v) is 10.3. The SMILES string of the molecule is COc1cccc(NC(=O)c2ccccc2NC(=O)c2cc(SC)ccc2Cl)c1. The Kier molecular flexibility index (Phi) is 6.80. The Morgan fingerprint density at radius 1 is 0.897 bits per heavy atom. The monoisotopic (exact) mass is 426 g/mol. The Hall–Kier alpha value is -2.96. The number of rotatable bonds is 6. The number of nitrogens with one attached hydrogen (secondary N) is 2. The fourth-order valence-electron chi connectivity index (χ4n) is 2.68. The largest absolute Gasteiger partial charge is 0.497 e. The molecule has 3 aromatic rings. The van der Waals surface area contributed by atoms with Crippen LogP contribution >= 0.6 is 23.4 Å². The number of amides is 2. The topological polar surface area (TPSA) is 67.4 Å². The van der Waals surface area contributed by atoms with Gasteiger partial charge in [0.1, 0.15) is 5.75 Å². The van der Waals surface area contributed by atoms with E-state index in [0.29, 0.717) is 33.3 Å². The van der Waals surface area contributed by atoms with Crippen LogP contribution in [0.15, 0.2) is 71.6 Å². The van der Waals surface area contributed by atoms with Gasteiger partial charge in [-0.15, -0.1) is 11.8 Å². The van der Waals surface area contributed by atoms with Crippen molar-refractivity contribution in [3.63, 3.8) is 0 Å². The first-order valence-electron chi connectivity index (χ1n) is 8.71. The predicted octanol–water partition coefficient (Wildman–Crippen LogP) is 5.58. The van der Waals surface area contributed by atoms with E-state index in [0.717, 1.165) is 4.90 Å². The van der Waals surface area contributed by atoms with Crippen molar-refractivity contribution in [1.29, 1.82) is 0 Å². The van der Waals surface area contributed by atoms with Gasteiger partial charge in [-0.05, 0) is 48.7 Å². The number of hydrogen-bond acceptors (Lipinski definition) is 4. The maximum absolute atomic E-state index is 12.8. The quantitative estimate of drug-likeness (QED) is 0.505. The Morgan fingerprint density at radius 3 is 2.41 bits per heavy atom. The van der Waals surface area contributed by atoms with Crippen molar-refractivity contribution in [2.75, 3.05) is 24.0 Å². The van der Waals surface area contributed by atoms with Crippen molar-refractivity contribution in [2.45, 2.75) is 4.90 Å². The van der Waals surface area contributed by atoms with E-state index in [1.807, 2.05) is 12.3 Å². The Morgan fingerprint density at radius 2 is 1.66 bits per heavy atom. The standard InChI is InChI=1S/C22H19ClN2O3S/c1-28-15-7-5-6-14(12-15)24-21(26)17-8-3-4-9-20(17)25-22(27)18-13-16(29-2)10-11-19(18)23/h3-13H,1-2H3,(H,24,26)(H,25,27). The summed E-state index contributed by atoms with van der Waals surface area (Å²) in [6.45, 7) is 0. The van der Waals surface area contributed by atoms with Crippen LogP contribution in [0.2, 0.25) is 5.02 Å². The third kappa shape index (κ3) is 5.10. The van der Waals surface area contributed by atoms with Crippen LogP contribution in [0.1, 0.15) is 20.7 Å². The molecule has 0 fully saturated rings. The van der Waals surface area contributed by atoms with Crippen LogP contribution in [0.5, 0.6) is 5.75 Å². The van der Waals surface area contributed by atoms with Gasteiger partial charge in [0.15, 0.2) is 0 Å². The van der Waals surface area contributed by atoms with Crippen LogP contribution in [0, 0.1) is 0 Å². The maximum Gasteiger partial charge on any atom is 0.257 e. The van der Waals surface area contributed by atoms with Gasteiger partial charge in [0, 0.05) is 16.6 Å². The first-order chi connectivity index (χ1) is 14.0. The molecule has 0 radical (unpaired) electrons. The van der Waals surface area contributed by atoms with E-state index in [2.05, 4.69) is 10.6 Å². The molecule has 0 aliphatic heterocycles. The summed E-state index contributed by atoms with van der Waals surface area (Å²) in [4.78, 5) is 26.5. The zero-order valence-electron chi connectivity index (χ0n) is 15.9. The number of carbonyl (C=O) groups excluding carboxylic acids is 2. The van der Waals surface area contributed by atoms with Gasteiger partial charge < -0.3 is 15.4 Å². The average molecular weight is 427 g/mol. The summed E-state index contributed by atoms with van der Waals surface area (Å²) in [5, 5.41) is 5.95. The Balaban J connectivity index is 1.83. The van der Waals surface area contributed by atoms with E-state index in [4.69, 9.17) is 16.3 Å². The number of carbonyl (C=O) groups is 2. The smallest absolute Gasteiger partial charge is 0.257 e. The lowest BCUT2D eigenvalue weighted by Gasteiger charge is -2.13. The summed E-state index contributed by atoms with van der Waals surface area (Å²) >= 11 is 7.71. The lowest BCUT2D eigenvalue weighted by Crippen LogP contribution is -2.18. The van der Waals surface area contributed by atoms with Crippen molar-refractivity contribution in [3.05, 3.63) is 82.9 Å². The number of anilines is 2. The van der Waals surface area contributed by atoms with Crippen LogP contribution < -0.4 is 15.4 Å². The van der Waals surface area contributed by atoms with E-state index >= 15 is 0 Å². The Bertz CT molecular complexity index is 1060. The van der Waals surface area contributed by atoms with Gasteiger partial charge in [-0.1, -0.05) is 29.8 Å². The third-order valence-corrected chi connectivity index (χ3v) is 5.22. The average Bonchev–Trinajstić information content (AvgIpc) is 2.74. The second-order valence-electron chi connectivity index (χ2n) is 6.03. The molecule has 7 heteroatoms. The van der Waals surface area contributed by atoms with Crippen molar-refractivity contribution < 1.29 is 14.3 Å². The summed E-state index contributed by atoms with van der Waals surface area (Å²) < 4.78 is 5.18. The fourth-order valence-corrected chi connectivity index (χ4v) is 3.33. The third-order valence-electron chi connectivity index (χ3n) is 4.17. The zero-order chi connectivity index (χ0) is 20.8. The minimum absolute atomic E-state index is 0.334. The molecule has 2 amide bonds. The summed E-state index contributed by atoms with van der Waals surface area (Å²) in [6, 6.07) is 19.1. The molecule has 5 nitrogen and oxygen atoms in total. The molecule has 0 aromatic heterocycles. The molecule has 148 valence electrons. The maximum atomic E-state index is 12.8. The number of benzene rings is 3. The number of methoxy groups -OCH3 is 1. The van der Waals surface area contributed by atoms with E-state index < -0.39 is 0 Å². The highest BCUT2D eigenvalue weighted by Crippen LogP contribution is 2.25. The molecule has 0 aliphatic rings. The molecule has 29 heavy (non-hydrogen) atoms. The highest BCUT2D eigenvalue weighted by molar-refractivity contribution is 7.98.